The number of nitrogens with one attached hydrogen (secondary N) is 1. The summed E-state index contributed by atoms with van der Waals surface area (Å²) in [4.78, 5) is 18.6. The largest absolute Gasteiger partial charge is 0.390 e. The number of aliphatic hydroxyl groups is 1. The number of hydrogen-bond donors (Lipinski definition) is 2. The van der Waals surface area contributed by atoms with Gasteiger partial charge in [-0.15, -0.1) is 11.3 Å². The Hall–Kier alpha value is -1.60. The van der Waals surface area contributed by atoms with Gasteiger partial charge in [0.2, 0.25) is 5.91 Å². The van der Waals surface area contributed by atoms with Gasteiger partial charge in [-0.25, -0.2) is 4.98 Å². The monoisotopic (exact) mass is 268 g/mol. The topological polar surface area (TPSA) is 69.9 Å². The Kier molecular flexibility index (Phi) is 3.83. The van der Waals surface area contributed by atoms with Crippen LogP contribution in [-0.4, -0.2) is 40.5 Å². The minimum atomic E-state index is -0.0997. The molecule has 0 saturated carbocycles. The quantitative estimate of drug-likeness (QED) is 0.826. The lowest BCUT2D eigenvalue weighted by Gasteiger charge is -2.20. The summed E-state index contributed by atoms with van der Waals surface area (Å²) >= 11 is 1.50. The van der Waals surface area contributed by atoms with E-state index in [1.165, 1.54) is 11.3 Å². The number of amides is 1. The first-order valence-corrected chi connectivity index (χ1v) is 6.60. The fraction of sp³-hybridized carbons (Fsp3) is 0.455. The first-order chi connectivity index (χ1) is 8.71. The van der Waals surface area contributed by atoms with E-state index in [1.807, 2.05) is 27.8 Å². The molecule has 2 heterocycles. The number of hydrogen-bond acceptors (Lipinski definition) is 5. The van der Waals surface area contributed by atoms with Crippen LogP contribution < -0.4 is 10.2 Å². The summed E-state index contributed by atoms with van der Waals surface area (Å²) in [6, 6.07) is 0. The minimum absolute atomic E-state index is 0.0721. The standard InChI is InChI=1S/C11H16N4O2S/c1-3-14(6-9(17)12-2)10-8(7-16)15-4-5-18-11(15)13-10/h4-5,16H,3,6-7H2,1-2H3,(H,12,17). The Balaban J connectivity index is 2.37. The smallest absolute Gasteiger partial charge is 0.239 e. The number of nitrogens with zero attached hydrogens (tertiary/aromatic N) is 3. The van der Waals surface area contributed by atoms with E-state index in [0.717, 1.165) is 10.7 Å². The average molecular weight is 268 g/mol. The van der Waals surface area contributed by atoms with Crippen molar-refractivity contribution in [1.82, 2.24) is 14.7 Å². The zero-order valence-electron chi connectivity index (χ0n) is 10.4. The Morgan fingerprint density at radius 3 is 3.06 bits per heavy atom. The molecule has 2 rings (SSSR count). The third-order valence-electron chi connectivity index (χ3n) is 2.78. The van der Waals surface area contributed by atoms with Crippen LogP contribution >= 0.6 is 11.3 Å². The molecule has 0 aliphatic carbocycles. The highest BCUT2D eigenvalue weighted by atomic mass is 32.1. The van der Waals surface area contributed by atoms with Crippen molar-refractivity contribution in [2.24, 2.45) is 0 Å². The molecule has 2 N–H and O–H groups in total. The molecule has 0 unspecified atom stereocenters. The van der Waals surface area contributed by atoms with Gasteiger partial charge in [0.15, 0.2) is 10.8 Å². The highest BCUT2D eigenvalue weighted by Gasteiger charge is 2.19. The molecule has 0 bridgehead atoms. The lowest BCUT2D eigenvalue weighted by atomic mass is 10.3. The number of aromatic nitrogens is 2. The molecule has 0 aromatic carbocycles. The molecule has 18 heavy (non-hydrogen) atoms. The van der Waals surface area contributed by atoms with E-state index in [1.54, 1.807) is 7.05 Å². The molecule has 7 heteroatoms. The summed E-state index contributed by atoms with van der Waals surface area (Å²) in [5, 5.41) is 14.0. The van der Waals surface area contributed by atoms with Crippen molar-refractivity contribution in [3.63, 3.8) is 0 Å². The molecule has 0 fully saturated rings. The van der Waals surface area contributed by atoms with Crippen LogP contribution in [0, 0.1) is 0 Å². The zero-order valence-corrected chi connectivity index (χ0v) is 11.2. The molecular formula is C11H16N4O2S. The van der Waals surface area contributed by atoms with Crippen molar-refractivity contribution in [3.8, 4) is 0 Å². The Bertz CT molecular complexity index is 548. The highest BCUT2D eigenvalue weighted by molar-refractivity contribution is 7.15. The van der Waals surface area contributed by atoms with Crippen molar-refractivity contribution in [1.29, 1.82) is 0 Å². The average Bonchev–Trinajstić information content (AvgIpc) is 2.95. The third-order valence-corrected chi connectivity index (χ3v) is 3.54. The van der Waals surface area contributed by atoms with Crippen molar-refractivity contribution < 1.29 is 9.90 Å². The summed E-state index contributed by atoms with van der Waals surface area (Å²) in [7, 11) is 1.61. The second-order valence-electron chi connectivity index (χ2n) is 3.78. The van der Waals surface area contributed by atoms with Gasteiger partial charge >= 0.3 is 0 Å². The summed E-state index contributed by atoms with van der Waals surface area (Å²) < 4.78 is 1.85. The predicted molar refractivity (Wildman–Crippen MR) is 70.9 cm³/mol. The van der Waals surface area contributed by atoms with Gasteiger partial charge < -0.3 is 15.3 Å². The van der Waals surface area contributed by atoms with Crippen LogP contribution in [0.4, 0.5) is 5.82 Å². The lowest BCUT2D eigenvalue weighted by Crippen LogP contribution is -2.36. The summed E-state index contributed by atoms with van der Waals surface area (Å²) in [5.74, 6) is 0.604. The molecule has 0 radical (unpaired) electrons. The van der Waals surface area contributed by atoms with Crippen LogP contribution in [0.1, 0.15) is 12.6 Å². The molecule has 98 valence electrons. The van der Waals surface area contributed by atoms with E-state index in [2.05, 4.69) is 10.3 Å². The van der Waals surface area contributed by atoms with Crippen LogP contribution in [0.5, 0.6) is 0 Å². The number of fused-ring (bicyclic) bond motifs is 1. The van der Waals surface area contributed by atoms with Crippen molar-refractivity contribution >= 4 is 28.0 Å². The first kappa shape index (κ1) is 12.8. The highest BCUT2D eigenvalue weighted by Crippen LogP contribution is 2.24. The number of carbonyl (C=O) groups is 1. The first-order valence-electron chi connectivity index (χ1n) is 5.72. The normalized spacial score (nSPS) is 10.8. The fourth-order valence-corrected chi connectivity index (χ4v) is 2.54. The van der Waals surface area contributed by atoms with E-state index in [0.29, 0.717) is 12.4 Å². The van der Waals surface area contributed by atoms with Gasteiger partial charge in [-0.05, 0) is 6.92 Å². The molecule has 0 aliphatic heterocycles. The fourth-order valence-electron chi connectivity index (χ4n) is 1.81. The molecule has 2 aromatic heterocycles. The third kappa shape index (κ3) is 2.19. The summed E-state index contributed by atoms with van der Waals surface area (Å²) in [6.07, 6.45) is 1.87. The second kappa shape index (κ2) is 5.36. The van der Waals surface area contributed by atoms with E-state index in [-0.39, 0.29) is 19.1 Å². The second-order valence-corrected chi connectivity index (χ2v) is 4.66. The van der Waals surface area contributed by atoms with Crippen molar-refractivity contribution in [2.45, 2.75) is 13.5 Å². The number of rotatable bonds is 5. The van der Waals surface area contributed by atoms with E-state index >= 15 is 0 Å². The number of carbonyl (C=O) groups excluding carboxylic acids is 1. The molecule has 1 amide bonds. The van der Waals surface area contributed by atoms with E-state index in [4.69, 9.17) is 0 Å². The zero-order chi connectivity index (χ0) is 13.1. The molecule has 0 saturated heterocycles. The molecule has 0 atom stereocenters. The van der Waals surface area contributed by atoms with Gasteiger partial charge in [-0.1, -0.05) is 0 Å². The summed E-state index contributed by atoms with van der Waals surface area (Å²) in [6.45, 7) is 2.76. The summed E-state index contributed by atoms with van der Waals surface area (Å²) in [5.41, 5.74) is 0.719. The van der Waals surface area contributed by atoms with Crippen LogP contribution in [0.25, 0.3) is 4.96 Å². The van der Waals surface area contributed by atoms with Crippen molar-refractivity contribution in [3.05, 3.63) is 17.3 Å². The number of aliphatic hydroxyl groups excluding tert-OH is 1. The maximum absolute atomic E-state index is 11.5. The maximum Gasteiger partial charge on any atom is 0.239 e. The Labute approximate surface area is 109 Å². The molecule has 0 aliphatic rings. The molecule has 6 nitrogen and oxygen atoms in total. The van der Waals surface area contributed by atoms with Crippen LogP contribution in [0.15, 0.2) is 11.6 Å². The SMILES string of the molecule is CCN(CC(=O)NC)c1nc2sccn2c1CO. The van der Waals surface area contributed by atoms with Gasteiger partial charge in [0.05, 0.1) is 18.8 Å². The van der Waals surface area contributed by atoms with Gasteiger partial charge in [0.1, 0.15) is 0 Å². The van der Waals surface area contributed by atoms with Gasteiger partial charge in [-0.3, -0.25) is 9.20 Å². The number of likely N-dealkylation sites (N-methyl/N-ethyl adjacent to an activating group) is 2. The number of thiazole rings is 1. The number of imidazole rings is 1. The van der Waals surface area contributed by atoms with E-state index in [9.17, 15) is 9.90 Å². The van der Waals surface area contributed by atoms with Gasteiger partial charge in [0.25, 0.3) is 0 Å². The van der Waals surface area contributed by atoms with Gasteiger partial charge in [-0.2, -0.15) is 0 Å². The maximum atomic E-state index is 11.5. The van der Waals surface area contributed by atoms with Crippen LogP contribution in [0.3, 0.4) is 0 Å². The molecule has 0 spiro atoms. The molecular weight excluding hydrogens is 252 g/mol. The lowest BCUT2D eigenvalue weighted by molar-refractivity contribution is -0.119. The van der Waals surface area contributed by atoms with E-state index < -0.39 is 0 Å². The van der Waals surface area contributed by atoms with Crippen LogP contribution in [-0.2, 0) is 11.4 Å². The van der Waals surface area contributed by atoms with Gasteiger partial charge in [0, 0.05) is 25.2 Å². The van der Waals surface area contributed by atoms with Crippen molar-refractivity contribution in [2.75, 3.05) is 25.0 Å². The van der Waals surface area contributed by atoms with Crippen LogP contribution in [0.2, 0.25) is 0 Å². The molecule has 2 aromatic rings. The minimum Gasteiger partial charge on any atom is -0.390 e. The number of anilines is 1. The Morgan fingerprint density at radius 2 is 2.44 bits per heavy atom. The Morgan fingerprint density at radius 1 is 1.67 bits per heavy atom. The predicted octanol–water partition coefficient (Wildman–Crippen LogP) is 0.460.